The van der Waals surface area contributed by atoms with Gasteiger partial charge in [0.2, 0.25) is 11.8 Å². The molecule has 1 spiro atoms. The molecule has 28 heavy (non-hydrogen) atoms. The Morgan fingerprint density at radius 3 is 2.68 bits per heavy atom. The number of anilines is 1. The normalized spacial score (nSPS) is 19.9. The SMILES string of the molecule is O=C1CCC2(CCN1)CCN(CCC(=O)Nc1cccc3ccccc13)CC2. The molecule has 2 aromatic rings. The molecule has 2 N–H and O–H groups in total. The zero-order chi connectivity index (χ0) is 19.4. The molecule has 0 unspecified atom stereocenters. The molecule has 2 aliphatic heterocycles. The van der Waals surface area contributed by atoms with E-state index < -0.39 is 0 Å². The number of likely N-dealkylation sites (tertiary alicyclic amines) is 1. The molecule has 2 aliphatic rings. The van der Waals surface area contributed by atoms with Gasteiger partial charge in [0.15, 0.2) is 0 Å². The highest BCUT2D eigenvalue weighted by Crippen LogP contribution is 2.40. The van der Waals surface area contributed by atoms with Gasteiger partial charge < -0.3 is 15.5 Å². The van der Waals surface area contributed by atoms with Gasteiger partial charge in [0.1, 0.15) is 0 Å². The van der Waals surface area contributed by atoms with Crippen LogP contribution in [0.25, 0.3) is 10.8 Å². The molecule has 0 radical (unpaired) electrons. The molecule has 2 amide bonds. The number of piperidine rings is 1. The number of fused-ring (bicyclic) bond motifs is 1. The second kappa shape index (κ2) is 8.31. The van der Waals surface area contributed by atoms with Crippen molar-refractivity contribution in [2.24, 2.45) is 5.41 Å². The predicted molar refractivity (Wildman–Crippen MR) is 112 cm³/mol. The van der Waals surface area contributed by atoms with E-state index in [1.54, 1.807) is 0 Å². The predicted octanol–water partition coefficient (Wildman–Crippen LogP) is 3.55. The Bertz CT molecular complexity index is 851. The van der Waals surface area contributed by atoms with E-state index in [4.69, 9.17) is 0 Å². The monoisotopic (exact) mass is 379 g/mol. The Morgan fingerprint density at radius 2 is 1.82 bits per heavy atom. The summed E-state index contributed by atoms with van der Waals surface area (Å²) in [6.45, 7) is 3.65. The van der Waals surface area contributed by atoms with E-state index >= 15 is 0 Å². The van der Waals surface area contributed by atoms with Crippen molar-refractivity contribution in [3.8, 4) is 0 Å². The fourth-order valence-corrected chi connectivity index (χ4v) is 4.62. The van der Waals surface area contributed by atoms with E-state index in [-0.39, 0.29) is 11.8 Å². The van der Waals surface area contributed by atoms with Crippen LogP contribution in [-0.2, 0) is 9.59 Å². The molecule has 0 aliphatic carbocycles. The summed E-state index contributed by atoms with van der Waals surface area (Å²) in [7, 11) is 0. The van der Waals surface area contributed by atoms with Gasteiger partial charge in [-0.15, -0.1) is 0 Å². The maximum absolute atomic E-state index is 12.5. The second-order valence-corrected chi connectivity index (χ2v) is 8.27. The molecule has 0 atom stereocenters. The fraction of sp³-hybridized carbons (Fsp3) is 0.478. The first-order valence-electron chi connectivity index (χ1n) is 10.4. The molecule has 2 aromatic carbocycles. The maximum atomic E-state index is 12.5. The van der Waals surface area contributed by atoms with Crippen LogP contribution < -0.4 is 10.6 Å². The minimum atomic E-state index is 0.0703. The third kappa shape index (κ3) is 4.36. The van der Waals surface area contributed by atoms with E-state index in [0.717, 1.165) is 68.3 Å². The molecular weight excluding hydrogens is 350 g/mol. The summed E-state index contributed by atoms with van der Waals surface area (Å²) in [6.07, 6.45) is 5.53. The van der Waals surface area contributed by atoms with Crippen molar-refractivity contribution in [1.29, 1.82) is 0 Å². The van der Waals surface area contributed by atoms with Crippen LogP contribution in [0.4, 0.5) is 5.69 Å². The van der Waals surface area contributed by atoms with Gasteiger partial charge >= 0.3 is 0 Å². The van der Waals surface area contributed by atoms with E-state index in [2.05, 4.69) is 27.7 Å². The van der Waals surface area contributed by atoms with Crippen molar-refractivity contribution < 1.29 is 9.59 Å². The average molecular weight is 380 g/mol. The maximum Gasteiger partial charge on any atom is 0.225 e. The Hall–Kier alpha value is -2.40. The molecule has 148 valence electrons. The zero-order valence-electron chi connectivity index (χ0n) is 16.4. The number of carbonyl (C=O) groups excluding carboxylic acids is 2. The molecule has 2 saturated heterocycles. The first kappa shape index (κ1) is 18.9. The highest BCUT2D eigenvalue weighted by atomic mass is 16.2. The van der Waals surface area contributed by atoms with E-state index in [1.165, 1.54) is 0 Å². The smallest absolute Gasteiger partial charge is 0.225 e. The molecule has 2 fully saturated rings. The molecule has 0 bridgehead atoms. The minimum Gasteiger partial charge on any atom is -0.356 e. The molecule has 2 heterocycles. The number of hydrogen-bond acceptors (Lipinski definition) is 3. The van der Waals surface area contributed by atoms with Crippen LogP contribution in [0.5, 0.6) is 0 Å². The number of hydrogen-bond donors (Lipinski definition) is 2. The second-order valence-electron chi connectivity index (χ2n) is 8.27. The van der Waals surface area contributed by atoms with Crippen LogP contribution in [-0.4, -0.2) is 42.9 Å². The Balaban J connectivity index is 1.27. The van der Waals surface area contributed by atoms with Crippen LogP contribution in [0, 0.1) is 5.41 Å². The average Bonchev–Trinajstić information content (AvgIpc) is 2.90. The number of rotatable bonds is 4. The van der Waals surface area contributed by atoms with Crippen molar-refractivity contribution in [3.05, 3.63) is 42.5 Å². The van der Waals surface area contributed by atoms with Gasteiger partial charge in [-0.25, -0.2) is 0 Å². The quantitative estimate of drug-likeness (QED) is 0.854. The molecule has 0 saturated carbocycles. The van der Waals surface area contributed by atoms with Crippen LogP contribution in [0.1, 0.15) is 38.5 Å². The minimum absolute atomic E-state index is 0.0703. The lowest BCUT2D eigenvalue weighted by Crippen LogP contribution is -2.41. The van der Waals surface area contributed by atoms with Crippen molar-refractivity contribution in [3.63, 3.8) is 0 Å². The van der Waals surface area contributed by atoms with Crippen molar-refractivity contribution in [1.82, 2.24) is 10.2 Å². The largest absolute Gasteiger partial charge is 0.356 e. The van der Waals surface area contributed by atoms with Crippen molar-refractivity contribution in [2.45, 2.75) is 38.5 Å². The molecule has 4 rings (SSSR count). The summed E-state index contributed by atoms with van der Waals surface area (Å²) in [5.41, 5.74) is 1.21. The van der Waals surface area contributed by atoms with Gasteiger partial charge in [0, 0.05) is 37.0 Å². The Labute approximate surface area is 166 Å². The molecule has 0 aromatic heterocycles. The summed E-state index contributed by atoms with van der Waals surface area (Å²) in [4.78, 5) is 26.5. The highest BCUT2D eigenvalue weighted by Gasteiger charge is 2.35. The van der Waals surface area contributed by atoms with E-state index in [9.17, 15) is 9.59 Å². The van der Waals surface area contributed by atoms with Crippen molar-refractivity contribution in [2.75, 3.05) is 31.5 Å². The first-order valence-corrected chi connectivity index (χ1v) is 10.4. The lowest BCUT2D eigenvalue weighted by Gasteiger charge is -2.41. The van der Waals surface area contributed by atoms with Gasteiger partial charge in [-0.2, -0.15) is 0 Å². The third-order valence-corrected chi connectivity index (χ3v) is 6.50. The van der Waals surface area contributed by atoms with Gasteiger partial charge in [0.25, 0.3) is 0 Å². The van der Waals surface area contributed by atoms with Crippen molar-refractivity contribution >= 4 is 28.3 Å². The summed E-state index contributed by atoms with van der Waals surface area (Å²) in [5, 5.41) is 8.30. The fourth-order valence-electron chi connectivity index (χ4n) is 4.62. The van der Waals surface area contributed by atoms with Gasteiger partial charge in [-0.05, 0) is 55.6 Å². The van der Waals surface area contributed by atoms with E-state index in [1.807, 2.05) is 30.3 Å². The zero-order valence-corrected chi connectivity index (χ0v) is 16.4. The number of carbonyl (C=O) groups is 2. The Morgan fingerprint density at radius 1 is 1.04 bits per heavy atom. The molecular formula is C23H29N3O2. The van der Waals surface area contributed by atoms with Gasteiger partial charge in [-0.1, -0.05) is 36.4 Å². The van der Waals surface area contributed by atoms with Crippen LogP contribution >= 0.6 is 0 Å². The third-order valence-electron chi connectivity index (χ3n) is 6.50. The topological polar surface area (TPSA) is 61.4 Å². The summed E-state index contributed by atoms with van der Waals surface area (Å²) in [6, 6.07) is 14.1. The van der Waals surface area contributed by atoms with Crippen LogP contribution in [0.3, 0.4) is 0 Å². The van der Waals surface area contributed by atoms with Crippen LogP contribution in [0.15, 0.2) is 42.5 Å². The summed E-state index contributed by atoms with van der Waals surface area (Å²) < 4.78 is 0. The lowest BCUT2D eigenvalue weighted by molar-refractivity contribution is -0.121. The highest BCUT2D eigenvalue weighted by molar-refractivity contribution is 6.02. The first-order chi connectivity index (χ1) is 13.6. The summed E-state index contributed by atoms with van der Waals surface area (Å²) >= 11 is 0. The lowest BCUT2D eigenvalue weighted by atomic mass is 9.73. The van der Waals surface area contributed by atoms with Gasteiger partial charge in [0.05, 0.1) is 0 Å². The number of benzene rings is 2. The molecule has 5 heteroatoms. The molecule has 5 nitrogen and oxygen atoms in total. The van der Waals surface area contributed by atoms with E-state index in [0.29, 0.717) is 18.3 Å². The standard InChI is InChI=1S/C23H29N3O2/c27-21-8-10-23(11-14-24-21)12-16-26(17-13-23)15-9-22(28)25-20-7-3-5-18-4-1-2-6-19(18)20/h1-7H,8-17H2,(H,24,27)(H,25,28). The summed E-state index contributed by atoms with van der Waals surface area (Å²) in [5.74, 6) is 0.269. The number of nitrogens with one attached hydrogen (secondary N) is 2. The number of nitrogens with zero attached hydrogens (tertiary/aromatic N) is 1. The van der Waals surface area contributed by atoms with Gasteiger partial charge in [-0.3, -0.25) is 9.59 Å². The Kier molecular flexibility index (Phi) is 5.62. The van der Waals surface area contributed by atoms with Crippen LogP contribution in [0.2, 0.25) is 0 Å². The number of amides is 2.